The van der Waals surface area contributed by atoms with E-state index in [9.17, 15) is 9.59 Å². The van der Waals surface area contributed by atoms with Gasteiger partial charge < -0.3 is 25.6 Å². The fourth-order valence-electron chi connectivity index (χ4n) is 8.03. The third kappa shape index (κ3) is 5.61. The molecule has 4 bridgehead atoms. The molecule has 1 aromatic heterocycles. The molecular weight excluding hydrogens is 468 g/mol. The Bertz CT molecular complexity index is 924. The lowest BCUT2D eigenvalue weighted by molar-refractivity contribution is -0.0120. The zero-order valence-electron chi connectivity index (χ0n) is 22.1. The molecule has 5 saturated carbocycles. The van der Waals surface area contributed by atoms with Gasteiger partial charge in [-0.2, -0.15) is 5.10 Å². The number of hydrogen-bond acceptors (Lipinski definition) is 5. The molecule has 5 aliphatic carbocycles. The van der Waals surface area contributed by atoms with Gasteiger partial charge in [-0.3, -0.25) is 4.79 Å². The standard InChI is InChI=1S/C28H44N6O3/c35-26(32-25-22-13-20-12-21(15-22)16-23(25)14-20)24-17-31-34(27(24)37-18-19-4-2-1-3-5-19)11-8-30-28(36)33-9-6-29-7-10-33/h17,19-23,25,29H,1-16,18H2,(H,30,36)(H,32,35). The molecule has 3 amide bonds. The highest BCUT2D eigenvalue weighted by atomic mass is 16.5. The molecule has 37 heavy (non-hydrogen) atoms. The molecule has 9 heteroatoms. The molecular formula is C28H44N6O3. The van der Waals surface area contributed by atoms with Crippen molar-refractivity contribution in [1.82, 2.24) is 30.6 Å². The second-order valence-corrected chi connectivity index (χ2v) is 12.3. The number of carbonyl (C=O) groups excluding carboxylic acids is 2. The molecule has 0 radical (unpaired) electrons. The average molecular weight is 513 g/mol. The van der Waals surface area contributed by atoms with Crippen LogP contribution >= 0.6 is 0 Å². The zero-order chi connectivity index (χ0) is 25.2. The van der Waals surface area contributed by atoms with Crippen molar-refractivity contribution in [2.75, 3.05) is 39.3 Å². The maximum Gasteiger partial charge on any atom is 0.317 e. The summed E-state index contributed by atoms with van der Waals surface area (Å²) in [6.07, 6.45) is 14.4. The molecule has 9 nitrogen and oxygen atoms in total. The molecule has 6 aliphatic rings. The van der Waals surface area contributed by atoms with Crippen molar-refractivity contribution in [1.29, 1.82) is 0 Å². The van der Waals surface area contributed by atoms with Gasteiger partial charge in [0.2, 0.25) is 5.88 Å². The first kappa shape index (κ1) is 25.0. The Hall–Kier alpha value is -2.29. The Morgan fingerprint density at radius 1 is 1.00 bits per heavy atom. The van der Waals surface area contributed by atoms with Crippen LogP contribution in [0, 0.1) is 29.6 Å². The van der Waals surface area contributed by atoms with Gasteiger partial charge in [-0.25, -0.2) is 9.48 Å². The second kappa shape index (κ2) is 11.2. The zero-order valence-corrected chi connectivity index (χ0v) is 22.1. The largest absolute Gasteiger partial charge is 0.477 e. The van der Waals surface area contributed by atoms with Crippen LogP contribution in [0.2, 0.25) is 0 Å². The van der Waals surface area contributed by atoms with E-state index in [-0.39, 0.29) is 18.0 Å². The summed E-state index contributed by atoms with van der Waals surface area (Å²) in [7, 11) is 0. The van der Waals surface area contributed by atoms with E-state index in [1.165, 1.54) is 64.2 Å². The lowest BCUT2D eigenvalue weighted by Crippen LogP contribution is -2.55. The van der Waals surface area contributed by atoms with E-state index in [2.05, 4.69) is 21.0 Å². The first-order valence-corrected chi connectivity index (χ1v) is 14.9. The van der Waals surface area contributed by atoms with Crippen molar-refractivity contribution >= 4 is 11.9 Å². The fourth-order valence-corrected chi connectivity index (χ4v) is 8.03. The van der Waals surface area contributed by atoms with Gasteiger partial charge in [-0.05, 0) is 74.5 Å². The van der Waals surface area contributed by atoms with Crippen LogP contribution in [0.25, 0.3) is 0 Å². The summed E-state index contributed by atoms with van der Waals surface area (Å²) in [5.74, 6) is 4.05. The first-order valence-electron chi connectivity index (χ1n) is 14.9. The van der Waals surface area contributed by atoms with E-state index in [1.807, 2.05) is 4.90 Å². The number of aromatic nitrogens is 2. The van der Waals surface area contributed by atoms with Crippen molar-refractivity contribution in [3.05, 3.63) is 11.8 Å². The molecule has 204 valence electrons. The summed E-state index contributed by atoms with van der Waals surface area (Å²) in [6.45, 7) is 4.64. The molecule has 1 saturated heterocycles. The van der Waals surface area contributed by atoms with Gasteiger partial charge in [0.1, 0.15) is 5.56 Å². The van der Waals surface area contributed by atoms with Gasteiger partial charge in [-0.1, -0.05) is 19.3 Å². The number of hydrogen-bond donors (Lipinski definition) is 3. The van der Waals surface area contributed by atoms with Crippen LogP contribution in [0.1, 0.15) is 74.6 Å². The number of carbonyl (C=O) groups is 2. The normalized spacial score (nSPS) is 31.4. The molecule has 0 atom stereocenters. The van der Waals surface area contributed by atoms with Crippen molar-refractivity contribution in [3.63, 3.8) is 0 Å². The van der Waals surface area contributed by atoms with Crippen molar-refractivity contribution in [2.45, 2.75) is 76.8 Å². The number of rotatable bonds is 8. The van der Waals surface area contributed by atoms with E-state index < -0.39 is 0 Å². The van der Waals surface area contributed by atoms with Crippen LogP contribution in [0.5, 0.6) is 5.88 Å². The second-order valence-electron chi connectivity index (χ2n) is 12.3. The molecule has 3 N–H and O–H groups in total. The van der Waals surface area contributed by atoms with Crippen LogP contribution in [0.15, 0.2) is 6.20 Å². The lowest BCUT2D eigenvalue weighted by atomic mass is 9.54. The summed E-state index contributed by atoms with van der Waals surface area (Å²) in [5, 5.41) is 14.3. The van der Waals surface area contributed by atoms with Gasteiger partial charge in [0.05, 0.1) is 19.3 Å². The Morgan fingerprint density at radius 2 is 1.70 bits per heavy atom. The van der Waals surface area contributed by atoms with Gasteiger partial charge in [0.15, 0.2) is 0 Å². The van der Waals surface area contributed by atoms with Crippen molar-refractivity contribution in [2.24, 2.45) is 29.6 Å². The predicted molar refractivity (Wildman–Crippen MR) is 140 cm³/mol. The Balaban J connectivity index is 1.11. The Morgan fingerprint density at radius 3 is 2.41 bits per heavy atom. The molecule has 1 aliphatic heterocycles. The molecule has 0 unspecified atom stereocenters. The van der Waals surface area contributed by atoms with Gasteiger partial charge in [-0.15, -0.1) is 0 Å². The Kier molecular flexibility index (Phi) is 7.58. The minimum absolute atomic E-state index is 0.0433. The first-order chi connectivity index (χ1) is 18.1. The maximum atomic E-state index is 13.6. The molecule has 0 aromatic carbocycles. The highest BCUT2D eigenvalue weighted by molar-refractivity contribution is 5.96. The number of urea groups is 1. The average Bonchev–Trinajstić information content (AvgIpc) is 3.33. The monoisotopic (exact) mass is 512 g/mol. The third-order valence-electron chi connectivity index (χ3n) is 9.74. The topological polar surface area (TPSA) is 101 Å². The molecule has 0 spiro atoms. The summed E-state index contributed by atoms with van der Waals surface area (Å²) in [5.41, 5.74) is 0.540. The van der Waals surface area contributed by atoms with E-state index in [1.54, 1.807) is 10.9 Å². The summed E-state index contributed by atoms with van der Waals surface area (Å²) < 4.78 is 8.13. The maximum absolute atomic E-state index is 13.6. The number of piperazine rings is 1. The third-order valence-corrected chi connectivity index (χ3v) is 9.74. The van der Waals surface area contributed by atoms with Crippen molar-refractivity contribution < 1.29 is 14.3 Å². The number of nitrogens with zero attached hydrogens (tertiary/aromatic N) is 3. The minimum Gasteiger partial charge on any atom is -0.477 e. The van der Waals surface area contributed by atoms with E-state index in [0.717, 1.165) is 38.0 Å². The lowest BCUT2D eigenvalue weighted by Gasteiger charge is -2.54. The number of nitrogens with one attached hydrogen (secondary N) is 3. The fraction of sp³-hybridized carbons (Fsp3) is 0.821. The number of amides is 3. The van der Waals surface area contributed by atoms with Crippen LogP contribution in [0.3, 0.4) is 0 Å². The van der Waals surface area contributed by atoms with Crippen LogP contribution in [0.4, 0.5) is 4.79 Å². The van der Waals surface area contributed by atoms with E-state index in [4.69, 9.17) is 4.74 Å². The number of ether oxygens (including phenoxy) is 1. The van der Waals surface area contributed by atoms with Crippen LogP contribution in [-0.2, 0) is 6.54 Å². The van der Waals surface area contributed by atoms with Gasteiger partial charge >= 0.3 is 6.03 Å². The minimum atomic E-state index is -0.0489. The Labute approximate surface area is 220 Å². The predicted octanol–water partition coefficient (Wildman–Crippen LogP) is 3.01. The van der Waals surface area contributed by atoms with Crippen LogP contribution < -0.4 is 20.7 Å². The van der Waals surface area contributed by atoms with Gasteiger partial charge in [0, 0.05) is 38.8 Å². The van der Waals surface area contributed by atoms with E-state index >= 15 is 0 Å². The van der Waals surface area contributed by atoms with Crippen molar-refractivity contribution in [3.8, 4) is 5.88 Å². The highest BCUT2D eigenvalue weighted by Gasteiger charge is 2.48. The molecule has 2 heterocycles. The van der Waals surface area contributed by atoms with Gasteiger partial charge in [0.25, 0.3) is 5.91 Å². The molecule has 7 rings (SSSR count). The SMILES string of the molecule is O=C(NC1C2CC3CC(C2)CC1C3)c1cnn(CCNC(=O)N2CCNCC2)c1OCC1CCCCC1. The summed E-state index contributed by atoms with van der Waals surface area (Å²) >= 11 is 0. The quantitative estimate of drug-likeness (QED) is 0.497. The van der Waals surface area contributed by atoms with E-state index in [0.29, 0.717) is 48.9 Å². The highest BCUT2D eigenvalue weighted by Crippen LogP contribution is 2.53. The molecule has 1 aromatic rings. The molecule has 6 fully saturated rings. The van der Waals surface area contributed by atoms with Crippen LogP contribution in [-0.4, -0.2) is 72.0 Å². The smallest absolute Gasteiger partial charge is 0.317 e. The summed E-state index contributed by atoms with van der Waals surface area (Å²) in [6, 6.07) is 0.242. The summed E-state index contributed by atoms with van der Waals surface area (Å²) in [4.78, 5) is 27.9.